The first-order valence-electron chi connectivity index (χ1n) is 3.68. The average Bonchev–Trinajstić information content (AvgIpc) is 2.05. The molecule has 4 nitrogen and oxygen atoms in total. The Morgan fingerprint density at radius 3 is 2.15 bits per heavy atom. The molecule has 72 valence electrons. The second kappa shape index (κ2) is 3.87. The molecule has 5 heteroatoms. The molecule has 1 atom stereocenters. The molecule has 0 fully saturated rings. The van der Waals surface area contributed by atoms with E-state index in [0.717, 1.165) is 0 Å². The molecule has 13 heavy (non-hydrogen) atoms. The molecule has 0 aliphatic heterocycles. The van der Waals surface area contributed by atoms with E-state index >= 15 is 0 Å². The van der Waals surface area contributed by atoms with Gasteiger partial charge in [-0.2, -0.15) is 8.42 Å². The second-order valence-corrected chi connectivity index (χ2v) is 4.20. The van der Waals surface area contributed by atoms with Crippen LogP contribution in [0.25, 0.3) is 0 Å². The first kappa shape index (κ1) is 10.2. The predicted molar refractivity (Wildman–Crippen MR) is 47.8 cm³/mol. The van der Waals surface area contributed by atoms with E-state index in [4.69, 9.17) is 9.66 Å². The van der Waals surface area contributed by atoms with Crippen molar-refractivity contribution in [3.63, 3.8) is 0 Å². The molecule has 0 amide bonds. The topological polar surface area (TPSA) is 74.6 Å². The number of aliphatic hydroxyl groups is 1. The van der Waals surface area contributed by atoms with Crippen molar-refractivity contribution >= 4 is 10.1 Å². The van der Waals surface area contributed by atoms with Gasteiger partial charge in [0.2, 0.25) is 0 Å². The molecule has 0 saturated heterocycles. The molecule has 0 aromatic heterocycles. The molecule has 0 radical (unpaired) electrons. The van der Waals surface area contributed by atoms with Gasteiger partial charge >= 0.3 is 0 Å². The van der Waals surface area contributed by atoms with Crippen molar-refractivity contribution in [1.29, 1.82) is 0 Å². The minimum absolute atomic E-state index is 0.382. The van der Waals surface area contributed by atoms with Crippen LogP contribution < -0.4 is 0 Å². The summed E-state index contributed by atoms with van der Waals surface area (Å²) in [5.74, 6) is 0. The number of hydrogen-bond donors (Lipinski definition) is 2. The summed E-state index contributed by atoms with van der Waals surface area (Å²) in [5, 5.41) is 7.53. The number of hydrogen-bond acceptors (Lipinski definition) is 3. The Bertz CT molecular complexity index is 357. The summed E-state index contributed by atoms with van der Waals surface area (Å²) in [6, 6.07) is 8.08. The van der Waals surface area contributed by atoms with Gasteiger partial charge in [0, 0.05) is 0 Å². The van der Waals surface area contributed by atoms with Crippen molar-refractivity contribution in [2.45, 2.75) is 5.25 Å². The molecule has 0 bridgehead atoms. The van der Waals surface area contributed by atoms with Gasteiger partial charge < -0.3 is 5.11 Å². The molecule has 0 heterocycles. The van der Waals surface area contributed by atoms with Gasteiger partial charge in [-0.25, -0.2) is 0 Å². The molecule has 1 aromatic carbocycles. The lowest BCUT2D eigenvalue weighted by Gasteiger charge is -2.10. The highest BCUT2D eigenvalue weighted by atomic mass is 32.2. The lowest BCUT2D eigenvalue weighted by Crippen LogP contribution is -2.15. The van der Waals surface area contributed by atoms with Crippen LogP contribution in [-0.4, -0.2) is 24.7 Å². The molecule has 2 N–H and O–H groups in total. The predicted octanol–water partition coefficient (Wildman–Crippen LogP) is 0.608. The summed E-state index contributed by atoms with van der Waals surface area (Å²) in [5.41, 5.74) is 0.382. The standard InChI is InChI=1S/C8H10O4S/c9-6-8(13(10,11)12)7-4-2-1-3-5-7/h1-5,8-9H,6H2,(H,10,11,12)/t8-/m1/s1. The van der Waals surface area contributed by atoms with Crippen LogP contribution in [-0.2, 0) is 10.1 Å². The van der Waals surface area contributed by atoms with Gasteiger partial charge in [0.1, 0.15) is 5.25 Å². The molecule has 0 unspecified atom stereocenters. The fourth-order valence-corrected chi connectivity index (χ4v) is 1.73. The Morgan fingerprint density at radius 1 is 1.23 bits per heavy atom. The maximum Gasteiger partial charge on any atom is 0.274 e. The summed E-state index contributed by atoms with van der Waals surface area (Å²) in [6.07, 6.45) is 0. The zero-order valence-corrected chi connectivity index (χ0v) is 7.61. The van der Waals surface area contributed by atoms with E-state index < -0.39 is 22.0 Å². The highest BCUT2D eigenvalue weighted by Gasteiger charge is 2.23. The minimum Gasteiger partial charge on any atom is -0.395 e. The smallest absolute Gasteiger partial charge is 0.274 e. The third-order valence-corrected chi connectivity index (χ3v) is 2.84. The van der Waals surface area contributed by atoms with Crippen molar-refractivity contribution in [1.82, 2.24) is 0 Å². The van der Waals surface area contributed by atoms with E-state index in [1.165, 1.54) is 12.1 Å². The van der Waals surface area contributed by atoms with Crippen molar-refractivity contribution in [2.75, 3.05) is 6.61 Å². The highest BCUT2D eigenvalue weighted by Crippen LogP contribution is 2.19. The summed E-state index contributed by atoms with van der Waals surface area (Å²) >= 11 is 0. The zero-order chi connectivity index (χ0) is 9.90. The number of aliphatic hydroxyl groups excluding tert-OH is 1. The summed E-state index contributed by atoms with van der Waals surface area (Å²) < 4.78 is 30.3. The van der Waals surface area contributed by atoms with E-state index in [1.807, 2.05) is 0 Å². The monoisotopic (exact) mass is 202 g/mol. The minimum atomic E-state index is -4.22. The summed E-state index contributed by atoms with van der Waals surface area (Å²) in [7, 11) is -4.22. The third-order valence-electron chi connectivity index (χ3n) is 1.70. The molecule has 0 saturated carbocycles. The van der Waals surface area contributed by atoms with Gasteiger partial charge in [-0.15, -0.1) is 0 Å². The molecule has 1 rings (SSSR count). The molecular formula is C8H10O4S. The van der Waals surface area contributed by atoms with Gasteiger partial charge in [-0.3, -0.25) is 4.55 Å². The summed E-state index contributed by atoms with van der Waals surface area (Å²) in [6.45, 7) is -0.622. The Morgan fingerprint density at radius 2 is 1.77 bits per heavy atom. The van der Waals surface area contributed by atoms with Crippen molar-refractivity contribution in [3.05, 3.63) is 35.9 Å². The van der Waals surface area contributed by atoms with Gasteiger partial charge in [0.05, 0.1) is 6.61 Å². The zero-order valence-electron chi connectivity index (χ0n) is 6.79. The van der Waals surface area contributed by atoms with Crippen LogP contribution in [0, 0.1) is 0 Å². The van der Waals surface area contributed by atoms with Crippen LogP contribution in [0.3, 0.4) is 0 Å². The number of rotatable bonds is 3. The van der Waals surface area contributed by atoms with Gasteiger partial charge in [-0.05, 0) is 5.56 Å². The molecular weight excluding hydrogens is 192 g/mol. The van der Waals surface area contributed by atoms with E-state index in [0.29, 0.717) is 5.56 Å². The van der Waals surface area contributed by atoms with Gasteiger partial charge in [-0.1, -0.05) is 30.3 Å². The van der Waals surface area contributed by atoms with E-state index in [1.54, 1.807) is 18.2 Å². The highest BCUT2D eigenvalue weighted by molar-refractivity contribution is 7.86. The lowest BCUT2D eigenvalue weighted by molar-refractivity contribution is 0.285. The average molecular weight is 202 g/mol. The molecule has 1 aromatic rings. The Balaban J connectivity index is 3.06. The Hall–Kier alpha value is -0.910. The quantitative estimate of drug-likeness (QED) is 0.704. The van der Waals surface area contributed by atoms with Gasteiger partial charge in [0.15, 0.2) is 0 Å². The third kappa shape index (κ3) is 2.51. The lowest BCUT2D eigenvalue weighted by atomic mass is 10.2. The SMILES string of the molecule is O=S(=O)(O)[C@H](CO)c1ccccc1. The molecule has 0 spiro atoms. The molecule has 0 aliphatic rings. The fraction of sp³-hybridized carbons (Fsp3) is 0.250. The van der Waals surface area contributed by atoms with Crippen LogP contribution in [0.5, 0.6) is 0 Å². The van der Waals surface area contributed by atoms with E-state index in [2.05, 4.69) is 0 Å². The largest absolute Gasteiger partial charge is 0.395 e. The first-order chi connectivity index (χ1) is 6.05. The first-order valence-corrected chi connectivity index (χ1v) is 5.18. The second-order valence-electron chi connectivity index (χ2n) is 2.60. The van der Waals surface area contributed by atoms with Crippen molar-refractivity contribution < 1.29 is 18.1 Å². The van der Waals surface area contributed by atoms with Gasteiger partial charge in [0.25, 0.3) is 10.1 Å². The normalized spacial score (nSPS) is 14.0. The number of benzene rings is 1. The van der Waals surface area contributed by atoms with Crippen LogP contribution in [0.4, 0.5) is 0 Å². The Kier molecular flexibility index (Phi) is 3.02. The summed E-state index contributed by atoms with van der Waals surface area (Å²) in [4.78, 5) is 0. The maximum absolute atomic E-state index is 10.8. The maximum atomic E-state index is 10.8. The van der Waals surface area contributed by atoms with Crippen LogP contribution in [0.15, 0.2) is 30.3 Å². The van der Waals surface area contributed by atoms with E-state index in [-0.39, 0.29) is 0 Å². The van der Waals surface area contributed by atoms with Crippen molar-refractivity contribution in [2.24, 2.45) is 0 Å². The Labute approximate surface area is 76.6 Å². The van der Waals surface area contributed by atoms with Crippen LogP contribution >= 0.6 is 0 Å². The van der Waals surface area contributed by atoms with Crippen LogP contribution in [0.2, 0.25) is 0 Å². The fourth-order valence-electron chi connectivity index (χ4n) is 1.04. The van der Waals surface area contributed by atoms with E-state index in [9.17, 15) is 8.42 Å². The van der Waals surface area contributed by atoms with Crippen molar-refractivity contribution in [3.8, 4) is 0 Å². The van der Waals surface area contributed by atoms with Crippen LogP contribution in [0.1, 0.15) is 10.8 Å². The molecule has 0 aliphatic carbocycles.